The Morgan fingerprint density at radius 1 is 1.17 bits per heavy atom. The van der Waals surface area contributed by atoms with Gasteiger partial charge in [0.25, 0.3) is 15.8 Å². The van der Waals surface area contributed by atoms with E-state index in [0.717, 1.165) is 25.7 Å². The highest BCUT2D eigenvalue weighted by Crippen LogP contribution is 2.20. The first-order valence-electron chi connectivity index (χ1n) is 7.97. The van der Waals surface area contributed by atoms with E-state index < -0.39 is 22.3 Å². The van der Waals surface area contributed by atoms with Crippen molar-refractivity contribution in [2.45, 2.75) is 37.8 Å². The van der Waals surface area contributed by atoms with Crippen molar-refractivity contribution in [2.75, 3.05) is 26.3 Å². The van der Waals surface area contributed by atoms with Crippen molar-refractivity contribution in [1.82, 2.24) is 18.8 Å². The van der Waals surface area contributed by atoms with Crippen LogP contribution in [0.1, 0.15) is 31.7 Å². The molecule has 0 bridgehead atoms. The summed E-state index contributed by atoms with van der Waals surface area (Å²) in [6, 6.07) is 2.05. The van der Waals surface area contributed by atoms with E-state index in [1.165, 1.54) is 21.3 Å². The van der Waals surface area contributed by atoms with Crippen molar-refractivity contribution in [3.05, 3.63) is 28.7 Å². The number of nitrogens with one attached hydrogen (secondary N) is 1. The van der Waals surface area contributed by atoms with Gasteiger partial charge < -0.3 is 4.74 Å². The number of ether oxygens (including phenoxy) is 1. The molecule has 1 aromatic rings. The minimum atomic E-state index is -3.58. The summed E-state index contributed by atoms with van der Waals surface area (Å²) in [6.07, 6.45) is 5.39. The summed E-state index contributed by atoms with van der Waals surface area (Å²) in [6.45, 7) is 1.58. The molecule has 3 heterocycles. The molecule has 0 amide bonds. The highest BCUT2D eigenvalue weighted by molar-refractivity contribution is 7.87. The van der Waals surface area contributed by atoms with E-state index in [1.54, 1.807) is 6.07 Å². The highest BCUT2D eigenvalue weighted by Gasteiger charge is 2.36. The molecule has 0 saturated carbocycles. The average molecular weight is 342 g/mol. The predicted molar refractivity (Wildman–Crippen MR) is 84.2 cm³/mol. The predicted octanol–water partition coefficient (Wildman–Crippen LogP) is -0.106. The Hall–Kier alpha value is -1.29. The molecule has 2 unspecified atom stereocenters. The third-order valence-electron chi connectivity index (χ3n) is 4.31. The maximum atomic E-state index is 12.6. The molecule has 0 spiro atoms. The second kappa shape index (κ2) is 7.08. The third-order valence-corrected chi connectivity index (χ3v) is 5.96. The minimum absolute atomic E-state index is 0.237. The first-order valence-corrected chi connectivity index (χ1v) is 9.41. The molecule has 2 fully saturated rings. The van der Waals surface area contributed by atoms with Gasteiger partial charge in [-0.3, -0.25) is 4.79 Å². The average Bonchev–Trinajstić information content (AvgIpc) is 2.79. The monoisotopic (exact) mass is 342 g/mol. The van der Waals surface area contributed by atoms with E-state index in [2.05, 4.69) is 9.82 Å². The molecular weight excluding hydrogens is 320 g/mol. The fourth-order valence-electron chi connectivity index (χ4n) is 3.06. The number of aromatic nitrogens is 2. The van der Waals surface area contributed by atoms with E-state index in [0.29, 0.717) is 13.1 Å². The van der Waals surface area contributed by atoms with Crippen molar-refractivity contribution in [3.63, 3.8) is 0 Å². The molecule has 2 saturated heterocycles. The van der Waals surface area contributed by atoms with Crippen LogP contribution in [0.3, 0.4) is 0 Å². The van der Waals surface area contributed by atoms with Crippen molar-refractivity contribution in [2.24, 2.45) is 0 Å². The van der Waals surface area contributed by atoms with Crippen LogP contribution in [0.4, 0.5) is 0 Å². The van der Waals surface area contributed by atoms with Gasteiger partial charge in [-0.05, 0) is 18.9 Å². The fourth-order valence-corrected chi connectivity index (χ4v) is 4.56. The summed E-state index contributed by atoms with van der Waals surface area (Å²) in [5.74, 6) is 0. The Bertz CT molecular complexity index is 682. The lowest BCUT2D eigenvalue weighted by atomic mass is 10.2. The molecule has 1 aromatic heterocycles. The standard InChI is InChI=1S/C14H22N4O4S/c19-14-6-5-7-15-18(14)13-11-22-10-12(13)16-23(20,21)17-8-3-1-2-4-9-17/h5-7,12-13,16H,1-4,8-11H2. The quantitative estimate of drug-likeness (QED) is 0.824. The summed E-state index contributed by atoms with van der Waals surface area (Å²) in [5, 5.41) is 4.04. The minimum Gasteiger partial charge on any atom is -0.377 e. The lowest BCUT2D eigenvalue weighted by Gasteiger charge is -2.25. The zero-order chi connectivity index (χ0) is 16.3. The molecule has 3 rings (SSSR count). The Kier molecular flexibility index (Phi) is 5.10. The molecule has 0 radical (unpaired) electrons. The first kappa shape index (κ1) is 16.6. The van der Waals surface area contributed by atoms with Crippen LogP contribution in [0.25, 0.3) is 0 Å². The molecular formula is C14H22N4O4S. The zero-order valence-electron chi connectivity index (χ0n) is 12.9. The first-order chi connectivity index (χ1) is 11.1. The zero-order valence-corrected chi connectivity index (χ0v) is 13.7. The largest absolute Gasteiger partial charge is 0.377 e. The van der Waals surface area contributed by atoms with Crippen LogP contribution >= 0.6 is 0 Å². The highest BCUT2D eigenvalue weighted by atomic mass is 32.2. The van der Waals surface area contributed by atoms with Crippen molar-refractivity contribution >= 4 is 10.2 Å². The van der Waals surface area contributed by atoms with Gasteiger partial charge in [-0.15, -0.1) is 0 Å². The molecule has 2 atom stereocenters. The van der Waals surface area contributed by atoms with Gasteiger partial charge in [-0.2, -0.15) is 22.5 Å². The van der Waals surface area contributed by atoms with Crippen LogP contribution in [0.5, 0.6) is 0 Å². The van der Waals surface area contributed by atoms with Crippen LogP contribution < -0.4 is 10.3 Å². The second-order valence-corrected chi connectivity index (χ2v) is 7.66. The summed E-state index contributed by atoms with van der Waals surface area (Å²) in [5.41, 5.74) is -0.262. The summed E-state index contributed by atoms with van der Waals surface area (Å²) < 4.78 is 36.1. The topological polar surface area (TPSA) is 93.5 Å². The van der Waals surface area contributed by atoms with Crippen LogP contribution in [-0.4, -0.2) is 54.8 Å². The molecule has 1 N–H and O–H groups in total. The number of rotatable bonds is 4. The molecule has 23 heavy (non-hydrogen) atoms. The van der Waals surface area contributed by atoms with Crippen LogP contribution in [-0.2, 0) is 14.9 Å². The van der Waals surface area contributed by atoms with Gasteiger partial charge in [0.05, 0.1) is 25.3 Å². The molecule has 9 heteroatoms. The summed E-state index contributed by atoms with van der Waals surface area (Å²) in [7, 11) is -3.58. The molecule has 0 aliphatic carbocycles. The number of hydrogen-bond acceptors (Lipinski definition) is 5. The van der Waals surface area contributed by atoms with E-state index >= 15 is 0 Å². The lowest BCUT2D eigenvalue weighted by Crippen LogP contribution is -2.49. The van der Waals surface area contributed by atoms with Gasteiger partial charge in [-0.1, -0.05) is 12.8 Å². The van der Waals surface area contributed by atoms with Crippen LogP contribution in [0.15, 0.2) is 23.1 Å². The Balaban J connectivity index is 1.75. The molecule has 128 valence electrons. The third kappa shape index (κ3) is 3.79. The fraction of sp³-hybridized carbons (Fsp3) is 0.714. The van der Waals surface area contributed by atoms with Gasteiger partial charge in [-0.25, -0.2) is 4.68 Å². The van der Waals surface area contributed by atoms with Gasteiger partial charge in [0, 0.05) is 25.4 Å². The molecule has 2 aliphatic heterocycles. The Morgan fingerprint density at radius 3 is 2.61 bits per heavy atom. The van der Waals surface area contributed by atoms with Crippen molar-refractivity contribution in [3.8, 4) is 0 Å². The number of hydrogen-bond donors (Lipinski definition) is 1. The Morgan fingerprint density at radius 2 is 1.91 bits per heavy atom. The second-order valence-electron chi connectivity index (χ2n) is 5.95. The van der Waals surface area contributed by atoms with E-state index in [-0.39, 0.29) is 18.8 Å². The van der Waals surface area contributed by atoms with Crippen molar-refractivity contribution in [1.29, 1.82) is 0 Å². The summed E-state index contributed by atoms with van der Waals surface area (Å²) >= 11 is 0. The van der Waals surface area contributed by atoms with Crippen LogP contribution in [0.2, 0.25) is 0 Å². The normalized spacial score (nSPS) is 27.0. The molecule has 2 aliphatic rings. The van der Waals surface area contributed by atoms with Gasteiger partial charge >= 0.3 is 0 Å². The maximum Gasteiger partial charge on any atom is 0.279 e. The van der Waals surface area contributed by atoms with E-state index in [1.807, 2.05) is 0 Å². The summed E-state index contributed by atoms with van der Waals surface area (Å²) in [4.78, 5) is 11.9. The molecule has 8 nitrogen and oxygen atoms in total. The number of nitrogens with zero attached hydrogens (tertiary/aromatic N) is 3. The van der Waals surface area contributed by atoms with Gasteiger partial charge in [0.15, 0.2) is 0 Å². The van der Waals surface area contributed by atoms with Crippen LogP contribution in [0, 0.1) is 0 Å². The van der Waals surface area contributed by atoms with E-state index in [9.17, 15) is 13.2 Å². The SMILES string of the molecule is O=c1cccnn1C1COCC1NS(=O)(=O)N1CCCCCC1. The van der Waals surface area contributed by atoms with Gasteiger partial charge in [0.1, 0.15) is 0 Å². The maximum absolute atomic E-state index is 12.6. The molecule has 0 aromatic carbocycles. The smallest absolute Gasteiger partial charge is 0.279 e. The Labute approximate surface area is 135 Å². The lowest BCUT2D eigenvalue weighted by molar-refractivity contribution is 0.181. The van der Waals surface area contributed by atoms with Gasteiger partial charge in [0.2, 0.25) is 0 Å². The van der Waals surface area contributed by atoms with Crippen molar-refractivity contribution < 1.29 is 13.2 Å². The van der Waals surface area contributed by atoms with E-state index in [4.69, 9.17) is 4.74 Å².